The molecule has 1 aromatic heterocycles. The van der Waals surface area contributed by atoms with Gasteiger partial charge in [0.05, 0.1) is 28.7 Å². The number of rotatable bonds is 3. The Kier molecular flexibility index (Phi) is 5.38. The van der Waals surface area contributed by atoms with Gasteiger partial charge in [-0.25, -0.2) is 4.68 Å². The average Bonchev–Trinajstić information content (AvgIpc) is 3.37. The van der Waals surface area contributed by atoms with Crippen molar-refractivity contribution in [2.24, 2.45) is 0 Å². The van der Waals surface area contributed by atoms with Crippen LogP contribution in [0.25, 0.3) is 5.69 Å². The Morgan fingerprint density at radius 2 is 1.79 bits per heavy atom. The average molecular weight is 406 g/mol. The van der Waals surface area contributed by atoms with Crippen molar-refractivity contribution in [3.8, 4) is 5.69 Å². The van der Waals surface area contributed by atoms with E-state index in [2.05, 4.69) is 10.00 Å². The number of carbonyl (C=O) groups is 1. The molecule has 1 aliphatic carbocycles. The standard InChI is InChI=1S/C21H25F3N4O/c1-15-19(14-25-28(15)18-8-4-5-16(13-18)21(22,23)24)20(29)27-11-9-26(10-12-27)17-6-2-3-7-17/h4-5,8,13-14,17H,2-3,6-7,9-12H2,1H3. The van der Waals surface area contributed by atoms with Crippen LogP contribution in [-0.4, -0.2) is 57.7 Å². The van der Waals surface area contributed by atoms with Crippen LogP contribution >= 0.6 is 0 Å². The fraction of sp³-hybridized carbons (Fsp3) is 0.524. The summed E-state index contributed by atoms with van der Waals surface area (Å²) in [6.45, 7) is 4.80. The Labute approximate surface area is 168 Å². The summed E-state index contributed by atoms with van der Waals surface area (Å²) in [6, 6.07) is 5.64. The first-order valence-corrected chi connectivity index (χ1v) is 10.1. The number of aromatic nitrogens is 2. The van der Waals surface area contributed by atoms with Crippen molar-refractivity contribution in [2.75, 3.05) is 26.2 Å². The molecule has 0 unspecified atom stereocenters. The second kappa shape index (κ2) is 7.82. The summed E-state index contributed by atoms with van der Waals surface area (Å²) in [4.78, 5) is 17.3. The summed E-state index contributed by atoms with van der Waals surface area (Å²) < 4.78 is 40.4. The molecule has 0 radical (unpaired) electrons. The first-order valence-electron chi connectivity index (χ1n) is 10.1. The van der Waals surface area contributed by atoms with Crippen LogP contribution in [-0.2, 0) is 6.18 Å². The number of alkyl halides is 3. The number of hydrogen-bond acceptors (Lipinski definition) is 3. The number of carbonyl (C=O) groups excluding carboxylic acids is 1. The van der Waals surface area contributed by atoms with E-state index in [0.29, 0.717) is 36.1 Å². The number of piperazine rings is 1. The SMILES string of the molecule is Cc1c(C(=O)N2CCN(C3CCCC3)CC2)cnn1-c1cccc(C(F)(F)F)c1. The maximum absolute atomic E-state index is 13.0. The van der Waals surface area contributed by atoms with Gasteiger partial charge in [0.1, 0.15) is 0 Å². The van der Waals surface area contributed by atoms with Gasteiger partial charge in [-0.15, -0.1) is 0 Å². The van der Waals surface area contributed by atoms with Gasteiger partial charge in [0.15, 0.2) is 0 Å². The first kappa shape index (κ1) is 19.9. The second-order valence-corrected chi connectivity index (χ2v) is 7.87. The highest BCUT2D eigenvalue weighted by Gasteiger charge is 2.32. The molecule has 2 aliphatic rings. The van der Waals surface area contributed by atoms with Crippen molar-refractivity contribution in [2.45, 2.75) is 44.8 Å². The molecule has 0 bridgehead atoms. The third kappa shape index (κ3) is 4.03. The molecular weight excluding hydrogens is 381 g/mol. The molecule has 4 rings (SSSR count). The molecule has 29 heavy (non-hydrogen) atoms. The molecule has 5 nitrogen and oxygen atoms in total. The molecule has 1 amide bonds. The molecule has 1 saturated heterocycles. The van der Waals surface area contributed by atoms with Gasteiger partial charge in [0.25, 0.3) is 5.91 Å². The lowest BCUT2D eigenvalue weighted by molar-refractivity contribution is -0.137. The summed E-state index contributed by atoms with van der Waals surface area (Å²) in [5.74, 6) is -0.105. The quantitative estimate of drug-likeness (QED) is 0.776. The van der Waals surface area contributed by atoms with Crippen molar-refractivity contribution >= 4 is 5.91 Å². The van der Waals surface area contributed by atoms with Crippen LogP contribution in [0.4, 0.5) is 13.2 Å². The van der Waals surface area contributed by atoms with Crippen LogP contribution < -0.4 is 0 Å². The molecule has 1 aliphatic heterocycles. The monoisotopic (exact) mass is 406 g/mol. The summed E-state index contributed by atoms with van der Waals surface area (Å²) >= 11 is 0. The van der Waals surface area contributed by atoms with E-state index in [1.165, 1.54) is 42.6 Å². The highest BCUT2D eigenvalue weighted by Crippen LogP contribution is 2.31. The van der Waals surface area contributed by atoms with Crippen LogP contribution in [0.5, 0.6) is 0 Å². The van der Waals surface area contributed by atoms with Gasteiger partial charge in [0.2, 0.25) is 0 Å². The lowest BCUT2D eigenvalue weighted by Gasteiger charge is -2.38. The first-order chi connectivity index (χ1) is 13.8. The molecule has 156 valence electrons. The van der Waals surface area contributed by atoms with Crippen molar-refractivity contribution in [3.63, 3.8) is 0 Å². The fourth-order valence-electron chi connectivity index (χ4n) is 4.42. The number of benzene rings is 1. The molecular formula is C21H25F3N4O. The van der Waals surface area contributed by atoms with Crippen molar-refractivity contribution in [3.05, 3.63) is 47.3 Å². The van der Waals surface area contributed by atoms with E-state index in [-0.39, 0.29) is 5.91 Å². The van der Waals surface area contributed by atoms with Gasteiger partial charge in [-0.2, -0.15) is 18.3 Å². The van der Waals surface area contributed by atoms with Gasteiger partial charge in [-0.3, -0.25) is 9.69 Å². The van der Waals surface area contributed by atoms with Crippen LogP contribution in [0, 0.1) is 6.92 Å². The topological polar surface area (TPSA) is 41.4 Å². The summed E-state index contributed by atoms with van der Waals surface area (Å²) in [5.41, 5.74) is 0.549. The third-order valence-electron chi connectivity index (χ3n) is 6.10. The van der Waals surface area contributed by atoms with E-state index in [1.54, 1.807) is 13.0 Å². The Morgan fingerprint density at radius 1 is 1.10 bits per heavy atom. The lowest BCUT2D eigenvalue weighted by atomic mass is 10.1. The minimum atomic E-state index is -4.42. The summed E-state index contributed by atoms with van der Waals surface area (Å²) in [5, 5.41) is 4.19. The molecule has 8 heteroatoms. The number of amides is 1. The summed E-state index contributed by atoms with van der Waals surface area (Å²) in [7, 11) is 0. The van der Waals surface area contributed by atoms with Crippen molar-refractivity contribution < 1.29 is 18.0 Å². The maximum atomic E-state index is 13.0. The molecule has 0 N–H and O–H groups in total. The lowest BCUT2D eigenvalue weighted by Crippen LogP contribution is -2.51. The minimum absolute atomic E-state index is 0.105. The zero-order chi connectivity index (χ0) is 20.6. The largest absolute Gasteiger partial charge is 0.416 e. The van der Waals surface area contributed by atoms with Gasteiger partial charge in [-0.05, 0) is 38.0 Å². The Hall–Kier alpha value is -2.35. The number of hydrogen-bond donors (Lipinski definition) is 0. The van der Waals surface area contributed by atoms with E-state index in [0.717, 1.165) is 25.2 Å². The van der Waals surface area contributed by atoms with E-state index >= 15 is 0 Å². The zero-order valence-electron chi connectivity index (χ0n) is 16.5. The van der Waals surface area contributed by atoms with E-state index in [4.69, 9.17) is 0 Å². The van der Waals surface area contributed by atoms with Crippen LogP contribution in [0.15, 0.2) is 30.5 Å². The molecule has 0 atom stereocenters. The van der Waals surface area contributed by atoms with Crippen LogP contribution in [0.1, 0.15) is 47.3 Å². The predicted molar refractivity (Wildman–Crippen MR) is 103 cm³/mol. The van der Waals surface area contributed by atoms with Gasteiger partial charge < -0.3 is 4.90 Å². The van der Waals surface area contributed by atoms with E-state index in [1.807, 2.05) is 4.90 Å². The molecule has 1 saturated carbocycles. The highest BCUT2D eigenvalue weighted by molar-refractivity contribution is 5.95. The number of nitrogens with zero attached hydrogens (tertiary/aromatic N) is 4. The van der Waals surface area contributed by atoms with Gasteiger partial charge >= 0.3 is 6.18 Å². The fourth-order valence-corrected chi connectivity index (χ4v) is 4.42. The predicted octanol–water partition coefficient (Wildman–Crippen LogP) is 3.90. The number of halogens is 3. The highest BCUT2D eigenvalue weighted by atomic mass is 19.4. The Morgan fingerprint density at radius 3 is 2.45 bits per heavy atom. The van der Waals surface area contributed by atoms with Crippen LogP contribution in [0.3, 0.4) is 0 Å². The summed E-state index contributed by atoms with van der Waals surface area (Å²) in [6.07, 6.45) is 2.11. The van der Waals surface area contributed by atoms with Crippen molar-refractivity contribution in [1.82, 2.24) is 19.6 Å². The molecule has 2 fully saturated rings. The van der Waals surface area contributed by atoms with Gasteiger partial charge in [0, 0.05) is 32.2 Å². The molecule has 0 spiro atoms. The molecule has 1 aromatic carbocycles. The smallest absolute Gasteiger partial charge is 0.336 e. The van der Waals surface area contributed by atoms with E-state index < -0.39 is 11.7 Å². The maximum Gasteiger partial charge on any atom is 0.416 e. The Balaban J connectivity index is 1.48. The van der Waals surface area contributed by atoms with Gasteiger partial charge in [-0.1, -0.05) is 18.9 Å². The van der Waals surface area contributed by atoms with E-state index in [9.17, 15) is 18.0 Å². The Bertz CT molecular complexity index is 878. The zero-order valence-corrected chi connectivity index (χ0v) is 16.5. The normalized spacial score (nSPS) is 19.1. The third-order valence-corrected chi connectivity index (χ3v) is 6.10. The van der Waals surface area contributed by atoms with Crippen LogP contribution in [0.2, 0.25) is 0 Å². The van der Waals surface area contributed by atoms with Crippen molar-refractivity contribution in [1.29, 1.82) is 0 Å². The minimum Gasteiger partial charge on any atom is -0.336 e. The molecule has 2 heterocycles. The molecule has 2 aromatic rings. The second-order valence-electron chi connectivity index (χ2n) is 7.87.